The molecule has 0 saturated carbocycles. The summed E-state index contributed by atoms with van der Waals surface area (Å²) in [4.78, 5) is 26.6. The number of anilines is 1. The van der Waals surface area contributed by atoms with Crippen molar-refractivity contribution in [1.82, 2.24) is 20.3 Å². The van der Waals surface area contributed by atoms with E-state index in [9.17, 15) is 4.79 Å². The van der Waals surface area contributed by atoms with Gasteiger partial charge < -0.3 is 10.2 Å². The average molecular weight is 283 g/mol. The Morgan fingerprint density at radius 3 is 2.95 bits per heavy atom. The minimum Gasteiger partial charge on any atom is -0.355 e. The Bertz CT molecular complexity index is 590. The molecular weight excluding hydrogens is 266 g/mol. The van der Waals surface area contributed by atoms with Gasteiger partial charge in [-0.3, -0.25) is 9.78 Å². The largest absolute Gasteiger partial charge is 0.355 e. The second-order valence-corrected chi connectivity index (χ2v) is 5.04. The molecule has 1 N–H and O–H groups in total. The van der Waals surface area contributed by atoms with E-state index < -0.39 is 0 Å². The highest BCUT2D eigenvalue weighted by atomic mass is 16.1. The Labute approximate surface area is 123 Å². The summed E-state index contributed by atoms with van der Waals surface area (Å²) < 4.78 is 0. The van der Waals surface area contributed by atoms with Crippen molar-refractivity contribution in [3.8, 4) is 0 Å². The number of hydrogen-bond acceptors (Lipinski definition) is 5. The monoisotopic (exact) mass is 283 g/mol. The SMILES string of the molecule is O=C(NC1CCCN(c2ccccn2)C1)c1cnccn1. The Morgan fingerprint density at radius 2 is 2.19 bits per heavy atom. The standard InChI is InChI=1S/C15H17N5O/c21-15(13-10-16-7-8-17-13)19-12-4-3-9-20(11-12)14-5-1-2-6-18-14/h1-2,5-8,10,12H,3-4,9,11H2,(H,19,21). The van der Waals surface area contributed by atoms with Crippen LogP contribution in [-0.2, 0) is 0 Å². The normalized spacial score (nSPS) is 18.3. The maximum atomic E-state index is 12.1. The number of hydrogen-bond donors (Lipinski definition) is 1. The lowest BCUT2D eigenvalue weighted by Crippen LogP contribution is -2.48. The zero-order valence-electron chi connectivity index (χ0n) is 11.6. The lowest BCUT2D eigenvalue weighted by atomic mass is 10.1. The number of amides is 1. The summed E-state index contributed by atoms with van der Waals surface area (Å²) in [7, 11) is 0. The highest BCUT2D eigenvalue weighted by Gasteiger charge is 2.22. The number of carbonyl (C=O) groups excluding carboxylic acids is 1. The number of nitrogens with zero attached hydrogens (tertiary/aromatic N) is 4. The minimum absolute atomic E-state index is 0.107. The lowest BCUT2D eigenvalue weighted by molar-refractivity contribution is 0.0927. The van der Waals surface area contributed by atoms with Gasteiger partial charge in [-0.2, -0.15) is 0 Å². The van der Waals surface area contributed by atoms with E-state index in [1.807, 2.05) is 18.2 Å². The second kappa shape index (κ2) is 6.30. The molecule has 0 aromatic carbocycles. The molecule has 21 heavy (non-hydrogen) atoms. The van der Waals surface area contributed by atoms with Crippen LogP contribution in [0.2, 0.25) is 0 Å². The summed E-state index contributed by atoms with van der Waals surface area (Å²) in [5.74, 6) is 0.784. The van der Waals surface area contributed by atoms with Crippen molar-refractivity contribution in [1.29, 1.82) is 0 Å². The summed E-state index contributed by atoms with van der Waals surface area (Å²) >= 11 is 0. The molecule has 0 aliphatic carbocycles. The van der Waals surface area contributed by atoms with Gasteiger partial charge in [0.15, 0.2) is 0 Å². The molecule has 108 valence electrons. The van der Waals surface area contributed by atoms with E-state index in [1.54, 1.807) is 12.4 Å². The van der Waals surface area contributed by atoms with Crippen molar-refractivity contribution in [2.75, 3.05) is 18.0 Å². The predicted octanol–water partition coefficient (Wildman–Crippen LogP) is 1.27. The van der Waals surface area contributed by atoms with E-state index in [1.165, 1.54) is 12.4 Å². The van der Waals surface area contributed by atoms with E-state index in [-0.39, 0.29) is 11.9 Å². The smallest absolute Gasteiger partial charge is 0.271 e. The summed E-state index contributed by atoms with van der Waals surface area (Å²) in [6.45, 7) is 1.73. The van der Waals surface area contributed by atoms with E-state index in [0.29, 0.717) is 5.69 Å². The molecule has 3 heterocycles. The molecular formula is C15H17N5O. The topological polar surface area (TPSA) is 71.0 Å². The van der Waals surface area contributed by atoms with Crippen molar-refractivity contribution < 1.29 is 4.79 Å². The molecule has 1 aliphatic rings. The van der Waals surface area contributed by atoms with Crippen LogP contribution in [0.1, 0.15) is 23.3 Å². The molecule has 1 unspecified atom stereocenters. The van der Waals surface area contributed by atoms with Gasteiger partial charge in [0, 0.05) is 37.7 Å². The number of carbonyl (C=O) groups is 1. The molecule has 1 aliphatic heterocycles. The van der Waals surface area contributed by atoms with Crippen LogP contribution in [0.5, 0.6) is 0 Å². The first kappa shape index (κ1) is 13.5. The van der Waals surface area contributed by atoms with Crippen molar-refractivity contribution in [2.45, 2.75) is 18.9 Å². The van der Waals surface area contributed by atoms with Crippen LogP contribution in [0.15, 0.2) is 43.0 Å². The fourth-order valence-electron chi connectivity index (χ4n) is 2.52. The molecule has 1 amide bonds. The molecule has 2 aromatic rings. The van der Waals surface area contributed by atoms with Crippen molar-refractivity contribution in [3.63, 3.8) is 0 Å². The quantitative estimate of drug-likeness (QED) is 0.918. The number of nitrogens with one attached hydrogen (secondary N) is 1. The van der Waals surface area contributed by atoms with Crippen LogP contribution in [0.3, 0.4) is 0 Å². The lowest BCUT2D eigenvalue weighted by Gasteiger charge is -2.33. The number of pyridine rings is 1. The summed E-state index contributed by atoms with van der Waals surface area (Å²) in [6.07, 6.45) is 8.35. The van der Waals surface area contributed by atoms with Crippen LogP contribution >= 0.6 is 0 Å². The van der Waals surface area contributed by atoms with E-state index in [4.69, 9.17) is 0 Å². The zero-order valence-corrected chi connectivity index (χ0v) is 11.6. The number of piperidine rings is 1. The molecule has 1 atom stereocenters. The minimum atomic E-state index is -0.170. The first-order chi connectivity index (χ1) is 10.3. The molecule has 6 heteroatoms. The zero-order chi connectivity index (χ0) is 14.5. The fourth-order valence-corrected chi connectivity index (χ4v) is 2.52. The molecule has 1 fully saturated rings. The van der Waals surface area contributed by atoms with E-state index in [0.717, 1.165) is 31.7 Å². The van der Waals surface area contributed by atoms with Gasteiger partial charge in [0.05, 0.1) is 6.20 Å². The van der Waals surface area contributed by atoms with Crippen LogP contribution in [0.25, 0.3) is 0 Å². The molecule has 0 spiro atoms. The summed E-state index contributed by atoms with van der Waals surface area (Å²) in [5, 5.41) is 3.02. The molecule has 2 aromatic heterocycles. The van der Waals surface area contributed by atoms with Crippen LogP contribution < -0.4 is 10.2 Å². The van der Waals surface area contributed by atoms with Gasteiger partial charge in [0.25, 0.3) is 5.91 Å². The molecule has 3 rings (SSSR count). The summed E-state index contributed by atoms with van der Waals surface area (Å²) in [6, 6.07) is 5.98. The fraction of sp³-hybridized carbons (Fsp3) is 0.333. The van der Waals surface area contributed by atoms with Gasteiger partial charge in [0.1, 0.15) is 11.5 Å². The number of rotatable bonds is 3. The molecule has 0 bridgehead atoms. The van der Waals surface area contributed by atoms with Crippen molar-refractivity contribution >= 4 is 11.7 Å². The predicted molar refractivity (Wildman–Crippen MR) is 79.0 cm³/mol. The number of aromatic nitrogens is 3. The van der Waals surface area contributed by atoms with E-state index >= 15 is 0 Å². The Balaban J connectivity index is 1.63. The summed E-state index contributed by atoms with van der Waals surface area (Å²) in [5.41, 5.74) is 0.354. The van der Waals surface area contributed by atoms with Crippen LogP contribution in [0.4, 0.5) is 5.82 Å². The first-order valence-electron chi connectivity index (χ1n) is 7.06. The van der Waals surface area contributed by atoms with Crippen molar-refractivity contribution in [3.05, 3.63) is 48.7 Å². The molecule has 6 nitrogen and oxygen atoms in total. The van der Waals surface area contributed by atoms with Gasteiger partial charge in [-0.05, 0) is 25.0 Å². The Morgan fingerprint density at radius 1 is 1.24 bits per heavy atom. The third-order valence-electron chi connectivity index (χ3n) is 3.53. The Hall–Kier alpha value is -2.50. The van der Waals surface area contributed by atoms with Crippen molar-refractivity contribution in [2.24, 2.45) is 0 Å². The molecule has 1 saturated heterocycles. The highest BCUT2D eigenvalue weighted by Crippen LogP contribution is 2.17. The van der Waals surface area contributed by atoms with Gasteiger partial charge in [-0.15, -0.1) is 0 Å². The van der Waals surface area contributed by atoms with Gasteiger partial charge in [-0.1, -0.05) is 6.07 Å². The van der Waals surface area contributed by atoms with Gasteiger partial charge in [-0.25, -0.2) is 9.97 Å². The van der Waals surface area contributed by atoms with Gasteiger partial charge in [0.2, 0.25) is 0 Å². The second-order valence-electron chi connectivity index (χ2n) is 5.04. The highest BCUT2D eigenvalue weighted by molar-refractivity contribution is 5.92. The van der Waals surface area contributed by atoms with Crippen LogP contribution in [-0.4, -0.2) is 40.0 Å². The Kier molecular flexibility index (Phi) is 4.04. The van der Waals surface area contributed by atoms with Crippen LogP contribution in [0, 0.1) is 0 Å². The average Bonchev–Trinajstić information content (AvgIpc) is 2.57. The maximum Gasteiger partial charge on any atom is 0.271 e. The van der Waals surface area contributed by atoms with E-state index in [2.05, 4.69) is 25.2 Å². The molecule has 0 radical (unpaired) electrons. The third-order valence-corrected chi connectivity index (χ3v) is 3.53. The first-order valence-corrected chi connectivity index (χ1v) is 7.06. The third kappa shape index (κ3) is 3.34. The van der Waals surface area contributed by atoms with Gasteiger partial charge >= 0.3 is 0 Å². The maximum absolute atomic E-state index is 12.1.